The molecule has 5 aliphatic rings. The van der Waals surface area contributed by atoms with Crippen LogP contribution in [0.4, 0.5) is 0 Å². The first kappa shape index (κ1) is 25.3. The van der Waals surface area contributed by atoms with Gasteiger partial charge in [0.15, 0.2) is 0 Å². The fourth-order valence-electron chi connectivity index (χ4n) is 9.42. The molecule has 0 spiro atoms. The predicted molar refractivity (Wildman–Crippen MR) is 137 cm³/mol. The summed E-state index contributed by atoms with van der Waals surface area (Å²) in [5.41, 5.74) is 2.32. The molecule has 1 aliphatic heterocycles. The van der Waals surface area contributed by atoms with Gasteiger partial charge in [-0.2, -0.15) is 0 Å². The second kappa shape index (κ2) is 9.53. The molecule has 3 saturated carbocycles. The van der Waals surface area contributed by atoms with Crippen LogP contribution in [0.15, 0.2) is 11.6 Å². The Morgan fingerprint density at radius 2 is 1.83 bits per heavy atom. The van der Waals surface area contributed by atoms with Gasteiger partial charge in [0, 0.05) is 6.42 Å². The first-order valence-electron chi connectivity index (χ1n) is 14.7. The average Bonchev–Trinajstić information content (AvgIpc) is 3.14. The van der Waals surface area contributed by atoms with Crippen LogP contribution in [0.2, 0.25) is 0 Å². The van der Waals surface area contributed by atoms with E-state index in [4.69, 9.17) is 9.47 Å². The van der Waals surface area contributed by atoms with E-state index in [0.717, 1.165) is 54.8 Å². The van der Waals surface area contributed by atoms with Gasteiger partial charge >= 0.3 is 11.9 Å². The highest BCUT2D eigenvalue weighted by Crippen LogP contribution is 2.67. The monoisotopic (exact) mass is 484 g/mol. The highest BCUT2D eigenvalue weighted by molar-refractivity contribution is 5.89. The molecule has 0 aromatic carbocycles. The summed E-state index contributed by atoms with van der Waals surface area (Å²) < 4.78 is 10.7. The molecule has 0 radical (unpaired) electrons. The second-order valence-electron chi connectivity index (χ2n) is 13.8. The third-order valence-electron chi connectivity index (χ3n) is 11.4. The van der Waals surface area contributed by atoms with Gasteiger partial charge in [0.25, 0.3) is 0 Å². The molecular weight excluding hydrogens is 436 g/mol. The zero-order chi connectivity index (χ0) is 25.0. The minimum Gasteiger partial charge on any atom is -0.459 e. The Labute approximate surface area is 213 Å². The standard InChI is InChI=1S/C31H48O4/c1-19(2)7-6-8-20(3)24-11-12-25-23-10-9-21-17-22(34-29(33)27-18-28(32)35-27)13-15-30(21,4)26(23)14-16-31(24,25)5/h9,19-20,22-27H,6-8,10-18H2,1-5H3/t20-,22+,23+,24-,25+,26+,27?,30+,31-/m1/s1. The van der Waals surface area contributed by atoms with E-state index >= 15 is 0 Å². The lowest BCUT2D eigenvalue weighted by molar-refractivity contribution is -0.189. The Morgan fingerprint density at radius 3 is 2.54 bits per heavy atom. The molecular formula is C31H48O4. The highest BCUT2D eigenvalue weighted by atomic mass is 16.6. The molecule has 196 valence electrons. The number of allylic oxidation sites excluding steroid dienone is 1. The average molecular weight is 485 g/mol. The zero-order valence-electron chi connectivity index (χ0n) is 22.8. The van der Waals surface area contributed by atoms with Crippen LogP contribution in [0, 0.1) is 46.3 Å². The van der Waals surface area contributed by atoms with Gasteiger partial charge in [-0.25, -0.2) is 4.79 Å². The smallest absolute Gasteiger partial charge is 0.348 e. The molecule has 0 bridgehead atoms. The SMILES string of the molecule is CC(C)CCC[C@@H](C)[C@H]1CC[C@H]2[C@@H]3CC=C4C[C@@H](OC(=O)C5CC(=O)O5)CC[C@]4(C)[C@H]3CC[C@]12C. The van der Waals surface area contributed by atoms with Gasteiger partial charge in [-0.1, -0.05) is 65.5 Å². The molecule has 5 rings (SSSR count). The predicted octanol–water partition coefficient (Wildman–Crippen LogP) is 7.26. The van der Waals surface area contributed by atoms with E-state index in [0.29, 0.717) is 5.41 Å². The normalized spacial score (nSPS) is 43.3. The van der Waals surface area contributed by atoms with Crippen LogP contribution in [0.25, 0.3) is 0 Å². The van der Waals surface area contributed by atoms with Gasteiger partial charge in [0.05, 0.1) is 6.42 Å². The highest BCUT2D eigenvalue weighted by Gasteiger charge is 2.59. The molecule has 4 aliphatic carbocycles. The van der Waals surface area contributed by atoms with Crippen molar-refractivity contribution < 1.29 is 19.1 Å². The summed E-state index contributed by atoms with van der Waals surface area (Å²) in [6.45, 7) is 12.4. The summed E-state index contributed by atoms with van der Waals surface area (Å²) in [6.07, 6.45) is 15.9. The van der Waals surface area contributed by atoms with E-state index in [1.165, 1.54) is 56.9 Å². The maximum Gasteiger partial charge on any atom is 0.348 e. The van der Waals surface area contributed by atoms with Crippen LogP contribution >= 0.6 is 0 Å². The van der Waals surface area contributed by atoms with Gasteiger partial charge in [-0.05, 0) is 91.3 Å². The fourth-order valence-corrected chi connectivity index (χ4v) is 9.42. The van der Waals surface area contributed by atoms with Gasteiger partial charge in [0.1, 0.15) is 6.10 Å². The van der Waals surface area contributed by atoms with Gasteiger partial charge in [-0.3, -0.25) is 4.79 Å². The number of carbonyl (C=O) groups excluding carboxylic acids is 2. The number of fused-ring (bicyclic) bond motifs is 5. The Morgan fingerprint density at radius 1 is 1.06 bits per heavy atom. The summed E-state index contributed by atoms with van der Waals surface area (Å²) in [7, 11) is 0. The number of cyclic esters (lactones) is 1. The second-order valence-corrected chi connectivity index (χ2v) is 13.8. The molecule has 0 N–H and O–H groups in total. The van der Waals surface area contributed by atoms with Crippen molar-refractivity contribution in [2.45, 2.75) is 124 Å². The first-order chi connectivity index (χ1) is 16.6. The zero-order valence-corrected chi connectivity index (χ0v) is 22.8. The van der Waals surface area contributed by atoms with Crippen LogP contribution in [-0.2, 0) is 19.1 Å². The first-order valence-corrected chi connectivity index (χ1v) is 14.7. The van der Waals surface area contributed by atoms with Crippen molar-refractivity contribution in [1.29, 1.82) is 0 Å². The fraction of sp³-hybridized carbons (Fsp3) is 0.871. The lowest BCUT2D eigenvalue weighted by Crippen LogP contribution is -2.51. The van der Waals surface area contributed by atoms with E-state index < -0.39 is 6.10 Å². The van der Waals surface area contributed by atoms with Crippen molar-refractivity contribution in [2.24, 2.45) is 46.3 Å². The van der Waals surface area contributed by atoms with Crippen LogP contribution in [0.5, 0.6) is 0 Å². The van der Waals surface area contributed by atoms with E-state index in [1.807, 2.05) is 0 Å². The van der Waals surface area contributed by atoms with Crippen molar-refractivity contribution in [3.05, 3.63) is 11.6 Å². The number of rotatable bonds is 7. The van der Waals surface area contributed by atoms with Crippen molar-refractivity contribution >= 4 is 11.9 Å². The largest absolute Gasteiger partial charge is 0.459 e. The third kappa shape index (κ3) is 4.50. The van der Waals surface area contributed by atoms with Crippen molar-refractivity contribution in [2.75, 3.05) is 0 Å². The minimum atomic E-state index is -0.667. The van der Waals surface area contributed by atoms with Crippen LogP contribution in [0.1, 0.15) is 112 Å². The summed E-state index contributed by atoms with van der Waals surface area (Å²) >= 11 is 0. The Kier molecular flexibility index (Phi) is 6.89. The third-order valence-corrected chi connectivity index (χ3v) is 11.4. The lowest BCUT2D eigenvalue weighted by atomic mass is 9.47. The number of hydrogen-bond donors (Lipinski definition) is 0. The topological polar surface area (TPSA) is 52.6 Å². The maximum atomic E-state index is 12.3. The summed E-state index contributed by atoms with van der Waals surface area (Å²) in [4.78, 5) is 23.4. The molecule has 4 fully saturated rings. The summed E-state index contributed by atoms with van der Waals surface area (Å²) in [6, 6.07) is 0. The van der Waals surface area contributed by atoms with E-state index in [2.05, 4.69) is 40.7 Å². The van der Waals surface area contributed by atoms with E-state index in [9.17, 15) is 9.59 Å². The molecule has 1 unspecified atom stereocenters. The minimum absolute atomic E-state index is 0.0610. The quantitative estimate of drug-likeness (QED) is 0.282. The van der Waals surface area contributed by atoms with E-state index in [1.54, 1.807) is 0 Å². The maximum absolute atomic E-state index is 12.3. The molecule has 0 aromatic rings. The van der Waals surface area contributed by atoms with Gasteiger partial charge < -0.3 is 9.47 Å². The molecule has 35 heavy (non-hydrogen) atoms. The van der Waals surface area contributed by atoms with Crippen molar-refractivity contribution in [3.8, 4) is 0 Å². The molecule has 4 nitrogen and oxygen atoms in total. The summed E-state index contributed by atoms with van der Waals surface area (Å²) in [5.74, 6) is 4.40. The molecule has 0 aromatic heterocycles. The Balaban J connectivity index is 1.24. The molecule has 4 heteroatoms. The number of esters is 2. The molecule has 9 atom stereocenters. The van der Waals surface area contributed by atoms with Gasteiger partial charge in [0.2, 0.25) is 6.10 Å². The number of hydrogen-bond acceptors (Lipinski definition) is 4. The van der Waals surface area contributed by atoms with Gasteiger partial charge in [-0.15, -0.1) is 0 Å². The Hall–Kier alpha value is -1.32. The molecule has 0 amide bonds. The van der Waals surface area contributed by atoms with Crippen LogP contribution < -0.4 is 0 Å². The lowest BCUT2D eigenvalue weighted by Gasteiger charge is -2.58. The molecule has 1 saturated heterocycles. The number of ether oxygens (including phenoxy) is 2. The summed E-state index contributed by atoms with van der Waals surface area (Å²) in [5, 5.41) is 0. The van der Waals surface area contributed by atoms with Crippen molar-refractivity contribution in [3.63, 3.8) is 0 Å². The van der Waals surface area contributed by atoms with Crippen molar-refractivity contribution in [1.82, 2.24) is 0 Å². The van der Waals surface area contributed by atoms with Crippen LogP contribution in [-0.4, -0.2) is 24.1 Å². The number of carbonyl (C=O) groups is 2. The Bertz CT molecular complexity index is 852. The van der Waals surface area contributed by atoms with Crippen LogP contribution in [0.3, 0.4) is 0 Å². The van der Waals surface area contributed by atoms with E-state index in [-0.39, 0.29) is 29.9 Å². The molecule has 1 heterocycles.